The van der Waals surface area contributed by atoms with Crippen LogP contribution in [0.4, 0.5) is 0 Å². The van der Waals surface area contributed by atoms with Crippen molar-refractivity contribution in [3.8, 4) is 0 Å². The van der Waals surface area contributed by atoms with Crippen LogP contribution in [0.3, 0.4) is 0 Å². The fourth-order valence-electron chi connectivity index (χ4n) is 3.40. The molecule has 0 saturated heterocycles. The van der Waals surface area contributed by atoms with Crippen molar-refractivity contribution < 1.29 is 4.42 Å². The molecular weight excluding hydrogens is 236 g/mol. The first-order valence-corrected chi connectivity index (χ1v) is 7.36. The number of hydrogen-bond donors (Lipinski definition) is 1. The zero-order valence-electron chi connectivity index (χ0n) is 12.7. The maximum atomic E-state index is 6.23. The molecule has 1 aliphatic carbocycles. The van der Waals surface area contributed by atoms with Crippen molar-refractivity contribution in [2.75, 3.05) is 13.6 Å². The molecule has 3 heteroatoms. The summed E-state index contributed by atoms with van der Waals surface area (Å²) in [6.07, 6.45) is 5.99. The highest BCUT2D eigenvalue weighted by atomic mass is 16.3. The molecule has 0 amide bonds. The summed E-state index contributed by atoms with van der Waals surface area (Å²) in [4.78, 5) is 2.40. The molecule has 0 aromatic carbocycles. The standard InChI is InChI=1S/C16H28N2O/c1-12-15(17)6-5-14(16(12,2)3)10-18(4)9-13-7-8-19-11-13/h7-8,11-12,14-15H,5-6,9-10,17H2,1-4H3. The van der Waals surface area contributed by atoms with E-state index in [9.17, 15) is 0 Å². The Labute approximate surface area is 117 Å². The smallest absolute Gasteiger partial charge is 0.0947 e. The quantitative estimate of drug-likeness (QED) is 0.908. The number of nitrogens with two attached hydrogens (primary N) is 1. The number of rotatable bonds is 4. The molecule has 19 heavy (non-hydrogen) atoms. The summed E-state index contributed by atoms with van der Waals surface area (Å²) in [6, 6.07) is 2.41. The fourth-order valence-corrected chi connectivity index (χ4v) is 3.40. The third-order valence-electron chi connectivity index (χ3n) is 5.28. The fraction of sp³-hybridized carbons (Fsp3) is 0.750. The minimum atomic E-state index is 0.322. The zero-order chi connectivity index (χ0) is 14.0. The zero-order valence-corrected chi connectivity index (χ0v) is 12.7. The number of nitrogens with zero attached hydrogens (tertiary/aromatic N) is 1. The van der Waals surface area contributed by atoms with Gasteiger partial charge in [0.05, 0.1) is 12.5 Å². The molecule has 1 heterocycles. The van der Waals surface area contributed by atoms with Crippen LogP contribution in [0.25, 0.3) is 0 Å². The van der Waals surface area contributed by atoms with Crippen LogP contribution >= 0.6 is 0 Å². The highest BCUT2D eigenvalue weighted by Gasteiger charge is 2.41. The minimum Gasteiger partial charge on any atom is -0.472 e. The van der Waals surface area contributed by atoms with Gasteiger partial charge in [-0.2, -0.15) is 0 Å². The first-order chi connectivity index (χ1) is 8.91. The minimum absolute atomic E-state index is 0.322. The van der Waals surface area contributed by atoms with Crippen LogP contribution in [0.15, 0.2) is 23.0 Å². The number of hydrogen-bond acceptors (Lipinski definition) is 3. The van der Waals surface area contributed by atoms with Crippen molar-refractivity contribution in [1.29, 1.82) is 0 Å². The van der Waals surface area contributed by atoms with Gasteiger partial charge in [0, 0.05) is 24.7 Å². The Bertz CT molecular complexity index is 385. The average molecular weight is 264 g/mol. The molecule has 1 fully saturated rings. The molecular formula is C16H28N2O. The molecule has 1 aromatic rings. The molecule has 0 aliphatic heterocycles. The Hall–Kier alpha value is -0.800. The van der Waals surface area contributed by atoms with Gasteiger partial charge in [-0.1, -0.05) is 20.8 Å². The van der Waals surface area contributed by atoms with Gasteiger partial charge in [-0.3, -0.25) is 0 Å². The van der Waals surface area contributed by atoms with Gasteiger partial charge in [-0.05, 0) is 43.2 Å². The molecule has 0 bridgehead atoms. The van der Waals surface area contributed by atoms with Gasteiger partial charge in [0.1, 0.15) is 0 Å². The summed E-state index contributed by atoms with van der Waals surface area (Å²) in [5.41, 5.74) is 7.80. The number of furan rings is 1. The van der Waals surface area contributed by atoms with Gasteiger partial charge in [0.25, 0.3) is 0 Å². The molecule has 2 rings (SSSR count). The Morgan fingerprint density at radius 2 is 2.16 bits per heavy atom. The van der Waals surface area contributed by atoms with E-state index in [4.69, 9.17) is 10.2 Å². The van der Waals surface area contributed by atoms with Gasteiger partial charge in [0.2, 0.25) is 0 Å². The Balaban J connectivity index is 1.94. The van der Waals surface area contributed by atoms with E-state index in [1.807, 2.05) is 12.3 Å². The van der Waals surface area contributed by atoms with Gasteiger partial charge < -0.3 is 15.1 Å². The van der Waals surface area contributed by atoms with Crippen LogP contribution in [-0.2, 0) is 6.54 Å². The third-order valence-corrected chi connectivity index (χ3v) is 5.28. The van der Waals surface area contributed by atoms with Crippen LogP contribution in [0.1, 0.15) is 39.2 Å². The lowest BCUT2D eigenvalue weighted by atomic mass is 9.61. The van der Waals surface area contributed by atoms with Crippen molar-refractivity contribution in [3.63, 3.8) is 0 Å². The molecule has 0 spiro atoms. The summed E-state index contributed by atoms with van der Waals surface area (Å²) >= 11 is 0. The molecule has 3 atom stereocenters. The summed E-state index contributed by atoms with van der Waals surface area (Å²) < 4.78 is 5.13. The van der Waals surface area contributed by atoms with E-state index < -0.39 is 0 Å². The van der Waals surface area contributed by atoms with Crippen molar-refractivity contribution in [1.82, 2.24) is 4.90 Å². The van der Waals surface area contributed by atoms with E-state index in [2.05, 4.69) is 32.7 Å². The second-order valence-electron chi connectivity index (χ2n) is 6.88. The lowest BCUT2D eigenvalue weighted by Crippen LogP contribution is -2.49. The molecule has 0 radical (unpaired) electrons. The SMILES string of the molecule is CC1C(N)CCC(CN(C)Cc2ccoc2)C1(C)C. The summed E-state index contributed by atoms with van der Waals surface area (Å²) in [5, 5.41) is 0. The Morgan fingerprint density at radius 1 is 1.42 bits per heavy atom. The highest BCUT2D eigenvalue weighted by Crippen LogP contribution is 2.44. The first-order valence-electron chi connectivity index (χ1n) is 7.36. The van der Waals surface area contributed by atoms with Crippen LogP contribution in [-0.4, -0.2) is 24.5 Å². The lowest BCUT2D eigenvalue weighted by Gasteiger charge is -2.48. The molecule has 3 nitrogen and oxygen atoms in total. The monoisotopic (exact) mass is 264 g/mol. The van der Waals surface area contributed by atoms with E-state index in [-0.39, 0.29) is 0 Å². The topological polar surface area (TPSA) is 42.4 Å². The van der Waals surface area contributed by atoms with Gasteiger partial charge in [-0.25, -0.2) is 0 Å². The summed E-state index contributed by atoms with van der Waals surface area (Å²) in [6.45, 7) is 9.17. The van der Waals surface area contributed by atoms with Crippen molar-refractivity contribution in [3.05, 3.63) is 24.2 Å². The lowest BCUT2D eigenvalue weighted by molar-refractivity contribution is 0.0324. The maximum Gasteiger partial charge on any atom is 0.0947 e. The normalized spacial score (nSPS) is 30.7. The van der Waals surface area contributed by atoms with E-state index in [1.54, 1.807) is 6.26 Å². The molecule has 2 N–H and O–H groups in total. The van der Waals surface area contributed by atoms with Crippen molar-refractivity contribution in [2.24, 2.45) is 23.0 Å². The summed E-state index contributed by atoms with van der Waals surface area (Å²) in [7, 11) is 2.20. The highest BCUT2D eigenvalue weighted by molar-refractivity contribution is 5.05. The van der Waals surface area contributed by atoms with E-state index >= 15 is 0 Å². The van der Waals surface area contributed by atoms with Crippen LogP contribution in [0, 0.1) is 17.3 Å². The van der Waals surface area contributed by atoms with Crippen LogP contribution in [0.5, 0.6) is 0 Å². The van der Waals surface area contributed by atoms with E-state index in [0.29, 0.717) is 17.4 Å². The average Bonchev–Trinajstić information content (AvgIpc) is 2.83. The second kappa shape index (κ2) is 5.68. The van der Waals surface area contributed by atoms with Crippen molar-refractivity contribution in [2.45, 2.75) is 46.2 Å². The molecule has 108 valence electrons. The van der Waals surface area contributed by atoms with Gasteiger partial charge in [-0.15, -0.1) is 0 Å². The maximum absolute atomic E-state index is 6.23. The van der Waals surface area contributed by atoms with Crippen LogP contribution in [0.2, 0.25) is 0 Å². The third kappa shape index (κ3) is 3.21. The predicted molar refractivity (Wildman–Crippen MR) is 78.7 cm³/mol. The van der Waals surface area contributed by atoms with Crippen molar-refractivity contribution >= 4 is 0 Å². The molecule has 1 aliphatic rings. The van der Waals surface area contributed by atoms with E-state index in [0.717, 1.165) is 25.4 Å². The predicted octanol–water partition coefficient (Wildman–Crippen LogP) is 3.11. The Morgan fingerprint density at radius 3 is 2.79 bits per heavy atom. The second-order valence-corrected chi connectivity index (χ2v) is 6.88. The Kier molecular flexibility index (Phi) is 4.36. The molecule has 1 aromatic heterocycles. The summed E-state index contributed by atoms with van der Waals surface area (Å²) in [5.74, 6) is 1.31. The van der Waals surface area contributed by atoms with Gasteiger partial charge in [0.15, 0.2) is 0 Å². The molecule has 1 saturated carbocycles. The van der Waals surface area contributed by atoms with Gasteiger partial charge >= 0.3 is 0 Å². The first kappa shape index (κ1) is 14.6. The van der Waals surface area contributed by atoms with E-state index in [1.165, 1.54) is 12.0 Å². The van der Waals surface area contributed by atoms with Crippen LogP contribution < -0.4 is 5.73 Å². The largest absolute Gasteiger partial charge is 0.472 e. The molecule has 3 unspecified atom stereocenters.